The molecule has 0 spiro atoms. The zero-order valence-electron chi connectivity index (χ0n) is 17.2. The molecule has 22 heteroatoms. The maximum atomic E-state index is 12.2. The first-order valence-electron chi connectivity index (χ1n) is 9.00. The van der Waals surface area contributed by atoms with Crippen molar-refractivity contribution in [2.45, 2.75) is 37.0 Å². The second-order valence-electron chi connectivity index (χ2n) is 7.04. The van der Waals surface area contributed by atoms with Crippen molar-refractivity contribution in [1.82, 2.24) is 19.5 Å². The number of phosphoric acid groups is 3. The number of nitrogens with two attached hydrogens (primary N) is 2. The zero-order valence-corrected chi connectivity index (χ0v) is 20.7. The van der Waals surface area contributed by atoms with E-state index in [0.29, 0.717) is 0 Å². The zero-order chi connectivity index (χ0) is 26.4. The van der Waals surface area contributed by atoms with Crippen LogP contribution in [0.15, 0.2) is 12.5 Å². The van der Waals surface area contributed by atoms with Gasteiger partial charge in [0.15, 0.2) is 17.4 Å². The van der Waals surface area contributed by atoms with Gasteiger partial charge in [0, 0.05) is 5.38 Å². The maximum Gasteiger partial charge on any atom is 0.490 e. The average Bonchev–Trinajstić information content (AvgIpc) is 3.17. The highest BCUT2D eigenvalue weighted by Gasteiger charge is 2.57. The number of aliphatic hydroxyl groups excluding tert-OH is 1. The summed E-state index contributed by atoms with van der Waals surface area (Å²) >= 11 is 5.52. The lowest BCUT2D eigenvalue weighted by Crippen LogP contribution is -2.54. The summed E-state index contributed by atoms with van der Waals surface area (Å²) in [5.74, 6) is 2.26. The summed E-state index contributed by atoms with van der Waals surface area (Å²) in [4.78, 5) is 48.2. The molecule has 3 rings (SSSR count). The second-order valence-corrected chi connectivity index (χ2v) is 11.6. The molecule has 0 aromatic carbocycles. The molecule has 1 saturated heterocycles. The van der Waals surface area contributed by atoms with Gasteiger partial charge in [0.1, 0.15) is 17.7 Å². The number of hydrogen-bond donors (Lipinski definition) is 7. The molecule has 1 aliphatic heterocycles. The number of phosphoric ester groups is 1. The van der Waals surface area contributed by atoms with Crippen LogP contribution < -0.4 is 11.5 Å². The molecule has 18 nitrogen and oxygen atoms in total. The van der Waals surface area contributed by atoms with Crippen LogP contribution in [0.25, 0.3) is 11.2 Å². The van der Waals surface area contributed by atoms with Crippen LogP contribution in [0.5, 0.6) is 0 Å². The molecule has 1 aliphatic rings. The number of nitrogen functional groups attached to an aromatic ring is 1. The van der Waals surface area contributed by atoms with E-state index in [1.54, 1.807) is 0 Å². The van der Waals surface area contributed by atoms with Gasteiger partial charge in [-0.15, -0.1) is 0 Å². The van der Waals surface area contributed by atoms with Crippen molar-refractivity contribution in [1.29, 1.82) is 0 Å². The van der Waals surface area contributed by atoms with Crippen LogP contribution in [-0.2, 0) is 31.6 Å². The second kappa shape index (κ2) is 9.75. The predicted molar refractivity (Wildman–Crippen MR) is 115 cm³/mol. The van der Waals surface area contributed by atoms with Gasteiger partial charge in [-0.3, -0.25) is 9.09 Å². The Morgan fingerprint density at radius 3 is 2.49 bits per heavy atom. The molecule has 7 atom stereocenters. The third-order valence-electron chi connectivity index (χ3n) is 4.52. The highest BCUT2D eigenvalue weighted by molar-refractivity contribution is 7.66. The van der Waals surface area contributed by atoms with Crippen molar-refractivity contribution in [3.05, 3.63) is 12.5 Å². The van der Waals surface area contributed by atoms with Crippen molar-refractivity contribution < 1.29 is 56.3 Å². The van der Waals surface area contributed by atoms with E-state index in [9.17, 15) is 28.6 Å². The highest BCUT2D eigenvalue weighted by atomic mass is 35.5. The summed E-state index contributed by atoms with van der Waals surface area (Å²) in [6, 6.07) is 0. The highest BCUT2D eigenvalue weighted by Crippen LogP contribution is 2.66. The molecule has 0 bridgehead atoms. The summed E-state index contributed by atoms with van der Waals surface area (Å²) in [5.41, 5.74) is 10.3. The summed E-state index contributed by atoms with van der Waals surface area (Å²) in [6.45, 7) is 1.09. The molecule has 35 heavy (non-hydrogen) atoms. The molecule has 3 heterocycles. The van der Waals surface area contributed by atoms with Crippen molar-refractivity contribution in [3.8, 4) is 11.3 Å². The molecule has 0 saturated carbocycles. The lowest BCUT2D eigenvalue weighted by Gasteiger charge is -2.28. The van der Waals surface area contributed by atoms with E-state index < -0.39 is 53.5 Å². The molecule has 9 N–H and O–H groups in total. The third-order valence-corrected chi connectivity index (χ3v) is 8.54. The normalized spacial score (nSPS) is 29.2. The van der Waals surface area contributed by atoms with Crippen molar-refractivity contribution >= 4 is 52.2 Å². The minimum absolute atomic E-state index is 0.124. The van der Waals surface area contributed by atoms with Crippen LogP contribution in [0, 0.1) is 11.3 Å². The van der Waals surface area contributed by atoms with E-state index in [-0.39, 0.29) is 17.1 Å². The molecule has 194 valence electrons. The van der Waals surface area contributed by atoms with Gasteiger partial charge < -0.3 is 40.9 Å². The van der Waals surface area contributed by atoms with Gasteiger partial charge >= 0.3 is 23.5 Å². The molecule has 0 amide bonds. The standard InChI is InChI=1S/C13H18ClN6O12P3/c1-6(30-34(25,26)32-35(27,28)31-33(22,23)24)8-9(21)13(16,2-3-14)11(29-8)20-5-18-7-4-17-12(15)19-10(7)20/h4-6,8-9,11,21H,16H2,1H3,(H,25,26)(H,27,28)(H2,15,17,19)(H2,22,23,24)/t6-,8-,9+,11-,13?/m1/s1. The number of ether oxygens (including phenoxy) is 1. The van der Waals surface area contributed by atoms with E-state index in [0.717, 1.165) is 6.92 Å². The summed E-state index contributed by atoms with van der Waals surface area (Å²) in [7, 11) is -16.9. The Bertz CT molecular complexity index is 1330. The number of halogens is 1. The van der Waals surface area contributed by atoms with E-state index in [4.69, 9.17) is 42.1 Å². The number of fused-ring (bicyclic) bond motifs is 1. The molecular formula is C13H18ClN6O12P3. The Kier molecular flexibility index (Phi) is 7.82. The summed E-state index contributed by atoms with van der Waals surface area (Å²) in [6.07, 6.45) is -3.78. The van der Waals surface area contributed by atoms with Gasteiger partial charge in [-0.05, 0) is 18.5 Å². The summed E-state index contributed by atoms with van der Waals surface area (Å²) < 4.78 is 53.5. The number of aromatic nitrogens is 4. The Morgan fingerprint density at radius 2 is 1.89 bits per heavy atom. The molecular weight excluding hydrogens is 561 g/mol. The Morgan fingerprint density at radius 1 is 1.23 bits per heavy atom. The number of imidazole rings is 1. The molecule has 3 unspecified atom stereocenters. The smallest absolute Gasteiger partial charge is 0.387 e. The fraction of sp³-hybridized carbons (Fsp3) is 0.462. The first-order valence-corrected chi connectivity index (χ1v) is 13.9. The van der Waals surface area contributed by atoms with Crippen molar-refractivity contribution in [3.63, 3.8) is 0 Å². The van der Waals surface area contributed by atoms with Gasteiger partial charge in [0.25, 0.3) is 0 Å². The van der Waals surface area contributed by atoms with E-state index in [1.807, 2.05) is 5.38 Å². The number of hydrogen-bond acceptors (Lipinski definition) is 13. The SMILES string of the molecule is C[C@@H](OP(=O)(O)OP(=O)(O)OP(=O)(O)O)[C@H]1O[C@@H](n2cnc3cnc(N)nc32)C(N)(C#CCl)[C@H]1O. The monoisotopic (exact) mass is 578 g/mol. The van der Waals surface area contributed by atoms with Gasteiger partial charge in [-0.25, -0.2) is 23.7 Å². The van der Waals surface area contributed by atoms with E-state index in [1.165, 1.54) is 17.1 Å². The van der Waals surface area contributed by atoms with Crippen LogP contribution in [0.2, 0.25) is 0 Å². The molecule has 0 radical (unpaired) electrons. The van der Waals surface area contributed by atoms with Gasteiger partial charge in [-0.2, -0.15) is 13.6 Å². The topological polar surface area (TPSA) is 285 Å². The minimum Gasteiger partial charge on any atom is -0.387 e. The molecule has 1 fully saturated rings. The van der Waals surface area contributed by atoms with E-state index >= 15 is 0 Å². The number of aliphatic hydroxyl groups is 1. The molecule has 2 aromatic heterocycles. The first kappa shape index (κ1) is 28.1. The molecule has 0 aliphatic carbocycles. The van der Waals surface area contributed by atoms with Gasteiger partial charge in [0.05, 0.1) is 18.6 Å². The fourth-order valence-electron chi connectivity index (χ4n) is 3.21. The predicted octanol–water partition coefficient (Wildman–Crippen LogP) is -0.704. The number of nitrogens with zero attached hydrogens (tertiary/aromatic N) is 4. The number of anilines is 1. The van der Waals surface area contributed by atoms with Crippen LogP contribution >= 0.6 is 35.1 Å². The van der Waals surface area contributed by atoms with Crippen LogP contribution in [0.1, 0.15) is 13.2 Å². The Balaban J connectivity index is 1.89. The van der Waals surface area contributed by atoms with Crippen LogP contribution in [0.4, 0.5) is 5.95 Å². The van der Waals surface area contributed by atoms with Gasteiger partial charge in [0.2, 0.25) is 5.95 Å². The third kappa shape index (κ3) is 6.25. The maximum absolute atomic E-state index is 12.2. The lowest BCUT2D eigenvalue weighted by molar-refractivity contribution is -0.0733. The van der Waals surface area contributed by atoms with Crippen molar-refractivity contribution in [2.75, 3.05) is 5.73 Å². The average molecular weight is 579 g/mol. The largest absolute Gasteiger partial charge is 0.490 e. The van der Waals surface area contributed by atoms with Crippen LogP contribution in [-0.4, -0.2) is 68.1 Å². The quantitative estimate of drug-likeness (QED) is 0.150. The van der Waals surface area contributed by atoms with Crippen molar-refractivity contribution in [2.24, 2.45) is 5.73 Å². The number of rotatable bonds is 8. The summed E-state index contributed by atoms with van der Waals surface area (Å²) in [5, 5.41) is 12.9. The van der Waals surface area contributed by atoms with E-state index in [2.05, 4.69) is 29.5 Å². The minimum atomic E-state index is -5.77. The Hall–Kier alpha value is -1.51. The van der Waals surface area contributed by atoms with Gasteiger partial charge in [-0.1, -0.05) is 5.92 Å². The first-order chi connectivity index (χ1) is 16.0. The molecule has 2 aromatic rings. The Labute approximate surface area is 200 Å². The van der Waals surface area contributed by atoms with Crippen LogP contribution in [0.3, 0.4) is 0 Å². The lowest BCUT2D eigenvalue weighted by atomic mass is 9.90. The fourth-order valence-corrected chi connectivity index (χ4v) is 6.58.